The molecule has 1 aromatic carbocycles. The van der Waals surface area contributed by atoms with Crippen molar-refractivity contribution in [3.63, 3.8) is 0 Å². The van der Waals surface area contributed by atoms with Crippen molar-refractivity contribution in [1.82, 2.24) is 4.72 Å². The second-order valence-corrected chi connectivity index (χ2v) is 7.11. The summed E-state index contributed by atoms with van der Waals surface area (Å²) in [5.41, 5.74) is 0.359. The Labute approximate surface area is 117 Å². The number of hydrogen-bond donors (Lipinski definition) is 2. The predicted octanol–water partition coefficient (Wildman–Crippen LogP) is 1.74. The average molecular weight is 307 g/mol. The van der Waals surface area contributed by atoms with Crippen molar-refractivity contribution in [3.05, 3.63) is 29.6 Å². The van der Waals surface area contributed by atoms with E-state index in [1.807, 2.05) is 6.92 Å². The van der Waals surface area contributed by atoms with Gasteiger partial charge in [-0.2, -0.15) is 11.8 Å². The molecule has 0 radical (unpaired) electrons. The summed E-state index contributed by atoms with van der Waals surface area (Å²) in [7, 11) is -3.90. The first kappa shape index (κ1) is 16.4. The van der Waals surface area contributed by atoms with Crippen LogP contribution in [0.2, 0.25) is 0 Å². The van der Waals surface area contributed by atoms with Crippen LogP contribution in [-0.4, -0.2) is 31.1 Å². The monoisotopic (exact) mass is 307 g/mol. The van der Waals surface area contributed by atoms with Gasteiger partial charge in [0.25, 0.3) is 0 Å². The van der Waals surface area contributed by atoms with Crippen LogP contribution in [0.4, 0.5) is 4.39 Å². The standard InChI is InChI=1S/C12H18FNO3S2/c1-3-18-8-9(2)14-19(16,17)12-6-10(7-15)4-5-11(12)13/h4-6,9,14-15H,3,7-8H2,1-2H3. The molecule has 0 fully saturated rings. The molecule has 108 valence electrons. The first-order valence-corrected chi connectivity index (χ1v) is 8.53. The van der Waals surface area contributed by atoms with E-state index in [4.69, 9.17) is 5.11 Å². The normalized spacial score (nSPS) is 13.5. The Morgan fingerprint density at radius 3 is 2.74 bits per heavy atom. The Kier molecular flexibility index (Phi) is 6.25. The summed E-state index contributed by atoms with van der Waals surface area (Å²) in [5, 5.41) is 8.98. The predicted molar refractivity (Wildman–Crippen MR) is 75.1 cm³/mol. The molecule has 0 aliphatic heterocycles. The van der Waals surface area contributed by atoms with E-state index < -0.39 is 20.7 Å². The molecule has 0 amide bonds. The van der Waals surface area contributed by atoms with Gasteiger partial charge in [-0.3, -0.25) is 0 Å². The molecule has 19 heavy (non-hydrogen) atoms. The van der Waals surface area contributed by atoms with Crippen molar-refractivity contribution in [2.24, 2.45) is 0 Å². The molecule has 0 spiro atoms. The highest BCUT2D eigenvalue weighted by Gasteiger charge is 2.21. The molecule has 2 N–H and O–H groups in total. The lowest BCUT2D eigenvalue weighted by Crippen LogP contribution is -2.34. The van der Waals surface area contributed by atoms with Crippen LogP contribution in [0.5, 0.6) is 0 Å². The van der Waals surface area contributed by atoms with Crippen LogP contribution in [0.3, 0.4) is 0 Å². The Morgan fingerprint density at radius 2 is 2.16 bits per heavy atom. The summed E-state index contributed by atoms with van der Waals surface area (Å²) in [4.78, 5) is -0.424. The van der Waals surface area contributed by atoms with Gasteiger partial charge in [-0.05, 0) is 30.4 Å². The number of aliphatic hydroxyl groups excluding tert-OH is 1. The van der Waals surface area contributed by atoms with Crippen molar-refractivity contribution in [1.29, 1.82) is 0 Å². The number of nitrogens with one attached hydrogen (secondary N) is 1. The highest BCUT2D eigenvalue weighted by Crippen LogP contribution is 2.17. The highest BCUT2D eigenvalue weighted by atomic mass is 32.2. The summed E-state index contributed by atoms with van der Waals surface area (Å²) in [6.07, 6.45) is 0. The molecule has 0 bridgehead atoms. The van der Waals surface area contributed by atoms with E-state index in [0.29, 0.717) is 11.3 Å². The van der Waals surface area contributed by atoms with Crippen LogP contribution in [-0.2, 0) is 16.6 Å². The molecule has 0 saturated carbocycles. The van der Waals surface area contributed by atoms with E-state index in [2.05, 4.69) is 4.72 Å². The van der Waals surface area contributed by atoms with Crippen LogP contribution in [0.1, 0.15) is 19.4 Å². The molecule has 1 unspecified atom stereocenters. The van der Waals surface area contributed by atoms with Crippen molar-refractivity contribution in [3.8, 4) is 0 Å². The van der Waals surface area contributed by atoms with Gasteiger partial charge in [-0.15, -0.1) is 0 Å². The quantitative estimate of drug-likeness (QED) is 0.805. The zero-order valence-electron chi connectivity index (χ0n) is 10.9. The fourth-order valence-corrected chi connectivity index (χ4v) is 3.66. The smallest absolute Gasteiger partial charge is 0.243 e. The number of halogens is 1. The summed E-state index contributed by atoms with van der Waals surface area (Å²) in [5.74, 6) is 0.692. The first-order chi connectivity index (χ1) is 8.90. The largest absolute Gasteiger partial charge is 0.392 e. The molecule has 0 saturated heterocycles. The van der Waals surface area contributed by atoms with Crippen LogP contribution >= 0.6 is 11.8 Å². The van der Waals surface area contributed by atoms with Crippen LogP contribution in [0.25, 0.3) is 0 Å². The zero-order chi connectivity index (χ0) is 14.5. The summed E-state index contributed by atoms with van der Waals surface area (Å²) >= 11 is 1.60. The van der Waals surface area contributed by atoms with Gasteiger partial charge in [0, 0.05) is 11.8 Å². The van der Waals surface area contributed by atoms with Gasteiger partial charge in [0.1, 0.15) is 10.7 Å². The third-order valence-electron chi connectivity index (χ3n) is 2.40. The first-order valence-electron chi connectivity index (χ1n) is 5.90. The number of benzene rings is 1. The van der Waals surface area contributed by atoms with Crippen LogP contribution in [0.15, 0.2) is 23.1 Å². The number of aliphatic hydroxyl groups is 1. The SMILES string of the molecule is CCSCC(C)NS(=O)(=O)c1cc(CO)ccc1F. The van der Waals surface area contributed by atoms with Crippen molar-refractivity contribution >= 4 is 21.8 Å². The molecule has 7 heteroatoms. The topological polar surface area (TPSA) is 66.4 Å². The summed E-state index contributed by atoms with van der Waals surface area (Å²) < 4.78 is 40.1. The lowest BCUT2D eigenvalue weighted by molar-refractivity contribution is 0.281. The lowest BCUT2D eigenvalue weighted by atomic mass is 10.2. The lowest BCUT2D eigenvalue weighted by Gasteiger charge is -2.14. The number of rotatable bonds is 7. The zero-order valence-corrected chi connectivity index (χ0v) is 12.5. The minimum Gasteiger partial charge on any atom is -0.392 e. The van der Waals surface area contributed by atoms with Gasteiger partial charge >= 0.3 is 0 Å². The summed E-state index contributed by atoms with van der Waals surface area (Å²) in [6.45, 7) is 3.38. The molecule has 4 nitrogen and oxygen atoms in total. The third-order valence-corrected chi connectivity index (χ3v) is 5.14. The summed E-state index contributed by atoms with van der Waals surface area (Å²) in [6, 6.07) is 3.26. The maximum atomic E-state index is 13.6. The van der Waals surface area contributed by atoms with E-state index in [0.717, 1.165) is 17.9 Å². The van der Waals surface area contributed by atoms with Crippen molar-refractivity contribution in [2.75, 3.05) is 11.5 Å². The molecule has 0 aliphatic carbocycles. The van der Waals surface area contributed by atoms with Crippen molar-refractivity contribution in [2.45, 2.75) is 31.4 Å². The molecular formula is C12H18FNO3S2. The Balaban J connectivity index is 2.93. The Morgan fingerprint density at radius 1 is 1.47 bits per heavy atom. The number of thioether (sulfide) groups is 1. The third kappa shape index (κ3) is 4.76. The Hall–Kier alpha value is -0.630. The fraction of sp³-hybridized carbons (Fsp3) is 0.500. The van der Waals surface area contributed by atoms with Gasteiger partial charge in [-0.25, -0.2) is 17.5 Å². The molecular weight excluding hydrogens is 289 g/mol. The second-order valence-electron chi connectivity index (χ2n) is 4.10. The van der Waals surface area contributed by atoms with Gasteiger partial charge in [0.15, 0.2) is 0 Å². The number of hydrogen-bond acceptors (Lipinski definition) is 4. The highest BCUT2D eigenvalue weighted by molar-refractivity contribution is 7.99. The van der Waals surface area contributed by atoms with Crippen LogP contribution < -0.4 is 4.72 Å². The van der Waals surface area contributed by atoms with Gasteiger partial charge in [0.2, 0.25) is 10.0 Å². The minimum atomic E-state index is -3.90. The van der Waals surface area contributed by atoms with E-state index in [9.17, 15) is 12.8 Å². The molecule has 0 heterocycles. The molecule has 1 aromatic rings. The second kappa shape index (κ2) is 7.23. The van der Waals surface area contributed by atoms with E-state index in [1.165, 1.54) is 6.07 Å². The maximum Gasteiger partial charge on any atom is 0.243 e. The van der Waals surface area contributed by atoms with Crippen LogP contribution in [0, 0.1) is 5.82 Å². The van der Waals surface area contributed by atoms with Gasteiger partial charge in [-0.1, -0.05) is 13.0 Å². The molecule has 1 rings (SSSR count). The maximum absolute atomic E-state index is 13.6. The minimum absolute atomic E-state index is 0.285. The van der Waals surface area contributed by atoms with E-state index >= 15 is 0 Å². The average Bonchev–Trinajstić information content (AvgIpc) is 2.36. The molecule has 1 atom stereocenters. The molecule has 0 aromatic heterocycles. The van der Waals surface area contributed by atoms with Gasteiger partial charge < -0.3 is 5.11 Å². The molecule has 0 aliphatic rings. The Bertz CT molecular complexity index is 520. The number of sulfonamides is 1. The van der Waals surface area contributed by atoms with E-state index in [1.54, 1.807) is 18.7 Å². The van der Waals surface area contributed by atoms with E-state index in [-0.39, 0.29) is 12.6 Å². The fourth-order valence-electron chi connectivity index (χ4n) is 1.51. The van der Waals surface area contributed by atoms with Crippen molar-refractivity contribution < 1.29 is 17.9 Å². The van der Waals surface area contributed by atoms with Gasteiger partial charge in [0.05, 0.1) is 6.61 Å².